The van der Waals surface area contributed by atoms with Crippen molar-refractivity contribution in [2.24, 2.45) is 11.8 Å². The number of aromatic nitrogens is 1. The first-order valence-corrected chi connectivity index (χ1v) is 9.03. The molecule has 2 aliphatic heterocycles. The van der Waals surface area contributed by atoms with E-state index in [9.17, 15) is 9.59 Å². The van der Waals surface area contributed by atoms with Crippen molar-refractivity contribution in [3.63, 3.8) is 0 Å². The van der Waals surface area contributed by atoms with Crippen molar-refractivity contribution in [3.05, 3.63) is 24.5 Å². The van der Waals surface area contributed by atoms with Crippen LogP contribution in [0.5, 0.6) is 0 Å². The molecule has 2 fully saturated rings. The average molecular weight is 383 g/mol. The minimum absolute atomic E-state index is 0. The quantitative estimate of drug-likeness (QED) is 0.743. The van der Waals surface area contributed by atoms with Gasteiger partial charge in [0.2, 0.25) is 0 Å². The summed E-state index contributed by atoms with van der Waals surface area (Å²) < 4.78 is 0. The number of nitrogens with zero attached hydrogens (tertiary/aromatic N) is 3. The van der Waals surface area contributed by atoms with Crippen LogP contribution in [0.3, 0.4) is 0 Å². The average Bonchev–Trinajstić information content (AvgIpc) is 2.68. The van der Waals surface area contributed by atoms with Crippen LogP contribution in [-0.2, 0) is 14.4 Å². The van der Waals surface area contributed by atoms with Crippen LogP contribution < -0.4 is 10.2 Å². The molecule has 7 nitrogen and oxygen atoms in total. The van der Waals surface area contributed by atoms with Crippen LogP contribution in [0, 0.1) is 11.8 Å². The van der Waals surface area contributed by atoms with Gasteiger partial charge in [-0.1, -0.05) is 0 Å². The van der Waals surface area contributed by atoms with Crippen LogP contribution in [0.15, 0.2) is 24.5 Å². The highest BCUT2D eigenvalue weighted by Crippen LogP contribution is 2.24. The van der Waals surface area contributed by atoms with Crippen LogP contribution in [-0.4, -0.2) is 61.6 Å². The summed E-state index contributed by atoms with van der Waals surface area (Å²) in [7, 11) is 0. The summed E-state index contributed by atoms with van der Waals surface area (Å²) in [6, 6.07) is 3.96. The number of hydrogen-bond donors (Lipinski definition) is 1. The topological polar surface area (TPSA) is 74.8 Å². The number of carbonyl (C=O) groups is 2. The summed E-state index contributed by atoms with van der Waals surface area (Å²) in [5, 5.41) is 4.99. The lowest BCUT2D eigenvalue weighted by atomic mass is 9.84. The standard InChI is InChI=1S/C18H26N4O3.ClH/c23-14-16(15-1-5-19-6-2-15)13-18(24)25-22-11-9-21(10-12-22)17-3-7-20-8-4-17;/h3-4,7-8,14-16,19H,1-2,5-6,9-13H2;1H. The second-order valence-corrected chi connectivity index (χ2v) is 6.68. The number of piperazine rings is 1. The van der Waals surface area contributed by atoms with E-state index in [1.807, 2.05) is 12.1 Å². The van der Waals surface area contributed by atoms with Gasteiger partial charge in [0.1, 0.15) is 6.29 Å². The predicted octanol–water partition coefficient (Wildman–Crippen LogP) is 1.29. The third-order valence-corrected chi connectivity index (χ3v) is 5.06. The molecule has 1 aromatic rings. The van der Waals surface area contributed by atoms with E-state index in [2.05, 4.69) is 15.2 Å². The van der Waals surface area contributed by atoms with E-state index in [1.54, 1.807) is 17.5 Å². The van der Waals surface area contributed by atoms with Crippen LogP contribution in [0.4, 0.5) is 5.69 Å². The first-order chi connectivity index (χ1) is 12.3. The van der Waals surface area contributed by atoms with E-state index in [4.69, 9.17) is 4.84 Å². The van der Waals surface area contributed by atoms with Crippen LogP contribution >= 0.6 is 12.4 Å². The molecule has 8 heteroatoms. The lowest BCUT2D eigenvalue weighted by Gasteiger charge is -2.35. The van der Waals surface area contributed by atoms with Gasteiger partial charge in [0.25, 0.3) is 0 Å². The molecule has 0 bridgehead atoms. The third kappa shape index (κ3) is 5.65. The fourth-order valence-corrected chi connectivity index (χ4v) is 3.56. The van der Waals surface area contributed by atoms with E-state index in [-0.39, 0.29) is 36.6 Å². The monoisotopic (exact) mass is 382 g/mol. The number of halogens is 1. The molecule has 1 atom stereocenters. The number of anilines is 1. The molecule has 0 radical (unpaired) electrons. The van der Waals surface area contributed by atoms with Crippen LogP contribution in [0.1, 0.15) is 19.3 Å². The van der Waals surface area contributed by atoms with Crippen molar-refractivity contribution in [2.75, 3.05) is 44.2 Å². The Kier molecular flexibility index (Phi) is 8.28. The minimum atomic E-state index is -0.298. The molecule has 0 aliphatic carbocycles. The molecular formula is C18H27ClN4O3. The van der Waals surface area contributed by atoms with Crippen molar-refractivity contribution >= 4 is 30.3 Å². The van der Waals surface area contributed by atoms with Crippen molar-refractivity contribution in [3.8, 4) is 0 Å². The van der Waals surface area contributed by atoms with Crippen molar-refractivity contribution < 1.29 is 14.4 Å². The minimum Gasteiger partial charge on any atom is -0.369 e. The largest absolute Gasteiger partial charge is 0.369 e. The summed E-state index contributed by atoms with van der Waals surface area (Å²) in [5.74, 6) is -0.240. The fraction of sp³-hybridized carbons (Fsp3) is 0.611. The Morgan fingerprint density at radius 1 is 1.23 bits per heavy atom. The summed E-state index contributed by atoms with van der Waals surface area (Å²) >= 11 is 0. The van der Waals surface area contributed by atoms with Gasteiger partial charge in [-0.2, -0.15) is 0 Å². The number of pyridine rings is 1. The maximum Gasteiger partial charge on any atom is 0.325 e. The molecule has 0 amide bonds. The Labute approximate surface area is 160 Å². The number of rotatable bonds is 6. The van der Waals surface area contributed by atoms with Crippen LogP contribution in [0.2, 0.25) is 0 Å². The molecule has 1 unspecified atom stereocenters. The summed E-state index contributed by atoms with van der Waals surface area (Å²) in [6.07, 6.45) is 6.56. The first-order valence-electron chi connectivity index (χ1n) is 9.03. The summed E-state index contributed by atoms with van der Waals surface area (Å²) in [6.45, 7) is 4.74. The highest BCUT2D eigenvalue weighted by Gasteiger charge is 2.27. The van der Waals surface area contributed by atoms with Crippen molar-refractivity contribution in [1.29, 1.82) is 0 Å². The highest BCUT2D eigenvalue weighted by molar-refractivity contribution is 5.85. The molecule has 0 spiro atoms. The number of hydroxylamine groups is 2. The molecule has 26 heavy (non-hydrogen) atoms. The van der Waals surface area contributed by atoms with E-state index >= 15 is 0 Å². The van der Waals surface area contributed by atoms with Gasteiger partial charge in [-0.15, -0.1) is 17.5 Å². The second-order valence-electron chi connectivity index (χ2n) is 6.68. The molecule has 2 aliphatic rings. The molecule has 3 rings (SSSR count). The number of piperidine rings is 1. The van der Waals surface area contributed by atoms with Crippen molar-refractivity contribution in [2.45, 2.75) is 19.3 Å². The number of hydrogen-bond acceptors (Lipinski definition) is 7. The van der Waals surface area contributed by atoms with E-state index in [1.165, 1.54) is 0 Å². The van der Waals surface area contributed by atoms with E-state index in [0.717, 1.165) is 51.0 Å². The Morgan fingerprint density at radius 2 is 1.88 bits per heavy atom. The van der Waals surface area contributed by atoms with Gasteiger partial charge < -0.3 is 19.8 Å². The number of aldehydes is 1. The van der Waals surface area contributed by atoms with Gasteiger partial charge in [-0.3, -0.25) is 9.78 Å². The molecule has 3 heterocycles. The van der Waals surface area contributed by atoms with Gasteiger partial charge in [0.15, 0.2) is 0 Å². The molecule has 1 N–H and O–H groups in total. The highest BCUT2D eigenvalue weighted by atomic mass is 35.5. The van der Waals surface area contributed by atoms with Gasteiger partial charge in [0.05, 0.1) is 19.5 Å². The zero-order chi connectivity index (χ0) is 17.5. The smallest absolute Gasteiger partial charge is 0.325 e. The molecule has 0 aromatic carbocycles. The maximum atomic E-state index is 12.2. The normalized spacial score (nSPS) is 20.1. The third-order valence-electron chi connectivity index (χ3n) is 5.06. The first kappa shape index (κ1) is 20.6. The Balaban J connectivity index is 0.00000243. The summed E-state index contributed by atoms with van der Waals surface area (Å²) in [5.41, 5.74) is 1.13. The lowest BCUT2D eigenvalue weighted by molar-refractivity contribution is -0.193. The Hall–Kier alpha value is -1.70. The zero-order valence-electron chi connectivity index (χ0n) is 14.9. The molecule has 0 saturated carbocycles. The Morgan fingerprint density at radius 3 is 2.50 bits per heavy atom. The number of nitrogens with one attached hydrogen (secondary N) is 1. The molecular weight excluding hydrogens is 356 g/mol. The van der Waals surface area contributed by atoms with Crippen LogP contribution in [0.25, 0.3) is 0 Å². The molecule has 1 aromatic heterocycles. The van der Waals surface area contributed by atoms with Crippen molar-refractivity contribution in [1.82, 2.24) is 15.4 Å². The molecule has 2 saturated heterocycles. The fourth-order valence-electron chi connectivity index (χ4n) is 3.56. The number of carbonyl (C=O) groups excluding carboxylic acids is 2. The Bertz CT molecular complexity index is 561. The second kappa shape index (κ2) is 10.4. The SMILES string of the molecule is Cl.O=CC(CC(=O)ON1CCN(c2ccncc2)CC1)C1CCNCC1. The summed E-state index contributed by atoms with van der Waals surface area (Å²) in [4.78, 5) is 35.3. The zero-order valence-corrected chi connectivity index (χ0v) is 15.7. The van der Waals surface area contributed by atoms with Gasteiger partial charge >= 0.3 is 5.97 Å². The predicted molar refractivity (Wildman–Crippen MR) is 101 cm³/mol. The maximum absolute atomic E-state index is 12.2. The lowest BCUT2D eigenvalue weighted by Crippen LogP contribution is -2.47. The van der Waals surface area contributed by atoms with E-state index in [0.29, 0.717) is 13.1 Å². The van der Waals surface area contributed by atoms with Gasteiger partial charge in [-0.25, -0.2) is 0 Å². The van der Waals surface area contributed by atoms with E-state index < -0.39 is 0 Å². The molecule has 144 valence electrons. The van der Waals surface area contributed by atoms with Gasteiger partial charge in [-0.05, 0) is 44.0 Å². The van der Waals surface area contributed by atoms with Gasteiger partial charge in [0, 0.05) is 37.1 Å².